The van der Waals surface area contributed by atoms with Crippen molar-refractivity contribution in [2.75, 3.05) is 6.54 Å². The van der Waals surface area contributed by atoms with Crippen molar-refractivity contribution in [1.29, 1.82) is 0 Å². The Labute approximate surface area is 121 Å². The molecule has 2 nitrogen and oxygen atoms in total. The quantitative estimate of drug-likeness (QED) is 0.729. The van der Waals surface area contributed by atoms with Crippen LogP contribution in [0.3, 0.4) is 0 Å². The zero-order valence-corrected chi connectivity index (χ0v) is 13.2. The number of hydrogen-bond donors (Lipinski definition) is 1. The lowest BCUT2D eigenvalue weighted by atomic mass is 10.2. The molecule has 1 aromatic heterocycles. The second-order valence-electron chi connectivity index (χ2n) is 5.76. The van der Waals surface area contributed by atoms with E-state index in [0.717, 1.165) is 25.7 Å². The van der Waals surface area contributed by atoms with Gasteiger partial charge in [0.2, 0.25) is 0 Å². The van der Waals surface area contributed by atoms with Crippen LogP contribution in [0.25, 0.3) is 0 Å². The fourth-order valence-corrected chi connectivity index (χ4v) is 3.21. The third-order valence-corrected chi connectivity index (χ3v) is 4.77. The molecule has 0 aromatic carbocycles. The molecule has 1 aliphatic carbocycles. The lowest BCUT2D eigenvalue weighted by molar-refractivity contribution is 0.237. The van der Waals surface area contributed by atoms with Crippen LogP contribution in [0.4, 0.5) is 0 Å². The SMILES string of the molecule is C=CCN(Cc1cc(CNC2CC2)sc1C)C(C)C. The van der Waals surface area contributed by atoms with Crippen LogP contribution in [0, 0.1) is 6.92 Å². The van der Waals surface area contributed by atoms with Crippen molar-refractivity contribution in [3.63, 3.8) is 0 Å². The molecule has 1 N–H and O–H groups in total. The van der Waals surface area contributed by atoms with Gasteiger partial charge in [-0.15, -0.1) is 17.9 Å². The average molecular weight is 278 g/mol. The number of nitrogens with zero attached hydrogens (tertiary/aromatic N) is 1. The Morgan fingerprint density at radius 2 is 2.26 bits per heavy atom. The van der Waals surface area contributed by atoms with Gasteiger partial charge in [-0.25, -0.2) is 0 Å². The molecule has 2 rings (SSSR count). The molecule has 19 heavy (non-hydrogen) atoms. The van der Waals surface area contributed by atoms with E-state index in [2.05, 4.69) is 43.6 Å². The Balaban J connectivity index is 1.95. The maximum Gasteiger partial charge on any atom is 0.0302 e. The first-order valence-corrected chi connectivity index (χ1v) is 8.08. The Kier molecular flexibility index (Phi) is 5.20. The lowest BCUT2D eigenvalue weighted by Gasteiger charge is -2.24. The summed E-state index contributed by atoms with van der Waals surface area (Å²) in [6, 6.07) is 3.73. The summed E-state index contributed by atoms with van der Waals surface area (Å²) in [7, 11) is 0. The van der Waals surface area contributed by atoms with Crippen LogP contribution >= 0.6 is 11.3 Å². The molecule has 0 saturated heterocycles. The van der Waals surface area contributed by atoms with Crippen LogP contribution in [-0.2, 0) is 13.1 Å². The maximum absolute atomic E-state index is 3.86. The van der Waals surface area contributed by atoms with Gasteiger partial charge in [-0.1, -0.05) is 6.08 Å². The van der Waals surface area contributed by atoms with E-state index in [1.165, 1.54) is 28.2 Å². The van der Waals surface area contributed by atoms with Gasteiger partial charge in [0.25, 0.3) is 0 Å². The van der Waals surface area contributed by atoms with Gasteiger partial charge >= 0.3 is 0 Å². The molecule has 0 bridgehead atoms. The van der Waals surface area contributed by atoms with Gasteiger partial charge < -0.3 is 5.32 Å². The number of thiophene rings is 1. The summed E-state index contributed by atoms with van der Waals surface area (Å²) >= 11 is 1.94. The highest BCUT2D eigenvalue weighted by molar-refractivity contribution is 7.12. The van der Waals surface area contributed by atoms with Gasteiger partial charge in [0.1, 0.15) is 0 Å². The van der Waals surface area contributed by atoms with Crippen LogP contribution in [0.2, 0.25) is 0 Å². The van der Waals surface area contributed by atoms with E-state index < -0.39 is 0 Å². The smallest absolute Gasteiger partial charge is 0.0302 e. The molecule has 1 heterocycles. The van der Waals surface area contributed by atoms with Crippen LogP contribution < -0.4 is 5.32 Å². The molecule has 0 unspecified atom stereocenters. The molecule has 106 valence electrons. The van der Waals surface area contributed by atoms with Crippen molar-refractivity contribution in [2.24, 2.45) is 0 Å². The second-order valence-corrected chi connectivity index (χ2v) is 7.10. The van der Waals surface area contributed by atoms with E-state index in [1.807, 2.05) is 17.4 Å². The first-order chi connectivity index (χ1) is 9.10. The summed E-state index contributed by atoms with van der Waals surface area (Å²) in [6.45, 7) is 13.6. The molecule has 3 heteroatoms. The van der Waals surface area contributed by atoms with E-state index in [1.54, 1.807) is 0 Å². The minimum atomic E-state index is 0.560. The molecule has 0 atom stereocenters. The predicted octanol–water partition coefficient (Wildman–Crippen LogP) is 3.70. The monoisotopic (exact) mass is 278 g/mol. The van der Waals surface area contributed by atoms with E-state index in [4.69, 9.17) is 0 Å². The van der Waals surface area contributed by atoms with Crippen molar-refractivity contribution >= 4 is 11.3 Å². The number of nitrogens with one attached hydrogen (secondary N) is 1. The molecule has 0 aliphatic heterocycles. The fraction of sp³-hybridized carbons (Fsp3) is 0.625. The van der Waals surface area contributed by atoms with E-state index >= 15 is 0 Å². The number of hydrogen-bond acceptors (Lipinski definition) is 3. The molecule has 1 aromatic rings. The van der Waals surface area contributed by atoms with Crippen LogP contribution in [0.1, 0.15) is 42.0 Å². The van der Waals surface area contributed by atoms with Crippen molar-refractivity contribution < 1.29 is 0 Å². The van der Waals surface area contributed by atoms with Crippen molar-refractivity contribution in [1.82, 2.24) is 10.2 Å². The molecular formula is C16H26N2S. The minimum absolute atomic E-state index is 0.560. The van der Waals surface area contributed by atoms with Gasteiger partial charge in [-0.05, 0) is 45.2 Å². The summed E-state index contributed by atoms with van der Waals surface area (Å²) in [5.41, 5.74) is 1.48. The van der Waals surface area contributed by atoms with E-state index in [-0.39, 0.29) is 0 Å². The maximum atomic E-state index is 3.86. The molecule has 1 aliphatic rings. The molecule has 0 radical (unpaired) electrons. The highest BCUT2D eigenvalue weighted by Gasteiger charge is 2.20. The second kappa shape index (κ2) is 6.69. The third kappa shape index (κ3) is 4.44. The summed E-state index contributed by atoms with van der Waals surface area (Å²) in [5.74, 6) is 0. The highest BCUT2D eigenvalue weighted by atomic mass is 32.1. The number of aryl methyl sites for hydroxylation is 1. The Hall–Kier alpha value is -0.640. The Morgan fingerprint density at radius 1 is 1.53 bits per heavy atom. The minimum Gasteiger partial charge on any atom is -0.309 e. The predicted molar refractivity (Wildman–Crippen MR) is 84.7 cm³/mol. The highest BCUT2D eigenvalue weighted by Crippen LogP contribution is 2.25. The van der Waals surface area contributed by atoms with Gasteiger partial charge in [0, 0.05) is 41.5 Å². The molecule has 0 amide bonds. The van der Waals surface area contributed by atoms with Crippen molar-refractivity contribution in [3.8, 4) is 0 Å². The standard InChI is InChI=1S/C16H26N2S/c1-5-8-18(12(2)3)11-14-9-16(19-13(14)4)10-17-15-6-7-15/h5,9,12,15,17H,1,6-8,10-11H2,2-4H3. The van der Waals surface area contributed by atoms with Crippen LogP contribution in [0.5, 0.6) is 0 Å². The van der Waals surface area contributed by atoms with E-state index in [9.17, 15) is 0 Å². The first-order valence-electron chi connectivity index (χ1n) is 7.26. The van der Waals surface area contributed by atoms with E-state index in [0.29, 0.717) is 6.04 Å². The van der Waals surface area contributed by atoms with Crippen molar-refractivity contribution in [3.05, 3.63) is 34.0 Å². The molecular weight excluding hydrogens is 252 g/mol. The Morgan fingerprint density at radius 3 is 2.84 bits per heavy atom. The zero-order valence-electron chi connectivity index (χ0n) is 12.4. The molecule has 1 fully saturated rings. The van der Waals surface area contributed by atoms with Gasteiger partial charge in [0.15, 0.2) is 0 Å². The average Bonchev–Trinajstić information content (AvgIpc) is 3.12. The van der Waals surface area contributed by atoms with Crippen molar-refractivity contribution in [2.45, 2.75) is 58.8 Å². The fourth-order valence-electron chi connectivity index (χ4n) is 2.21. The number of rotatable bonds is 8. The Bertz CT molecular complexity index is 418. The van der Waals surface area contributed by atoms with Gasteiger partial charge in [-0.2, -0.15) is 0 Å². The summed E-state index contributed by atoms with van der Waals surface area (Å²) in [5, 5.41) is 3.60. The van der Waals surface area contributed by atoms with Gasteiger partial charge in [-0.3, -0.25) is 4.90 Å². The van der Waals surface area contributed by atoms with Crippen LogP contribution in [-0.4, -0.2) is 23.5 Å². The summed E-state index contributed by atoms with van der Waals surface area (Å²) in [6.07, 6.45) is 4.71. The zero-order chi connectivity index (χ0) is 13.8. The third-order valence-electron chi connectivity index (χ3n) is 3.68. The molecule has 1 saturated carbocycles. The van der Waals surface area contributed by atoms with Crippen LogP contribution in [0.15, 0.2) is 18.7 Å². The summed E-state index contributed by atoms with van der Waals surface area (Å²) in [4.78, 5) is 5.39. The summed E-state index contributed by atoms with van der Waals surface area (Å²) < 4.78 is 0. The first kappa shape index (κ1) is 14.8. The van der Waals surface area contributed by atoms with Gasteiger partial charge in [0.05, 0.1) is 0 Å². The molecule has 0 spiro atoms. The topological polar surface area (TPSA) is 15.3 Å². The lowest BCUT2D eigenvalue weighted by Crippen LogP contribution is -2.30. The largest absolute Gasteiger partial charge is 0.309 e. The normalized spacial score (nSPS) is 15.4.